The average Bonchev–Trinajstić information content (AvgIpc) is 2.17. The molecule has 0 aliphatic carbocycles. The number of rotatable bonds is 4. The highest BCUT2D eigenvalue weighted by atomic mass is 32.2. The van der Waals surface area contributed by atoms with Crippen LogP contribution in [0.5, 0.6) is 0 Å². The van der Waals surface area contributed by atoms with Crippen molar-refractivity contribution in [3.05, 3.63) is 28.4 Å². The Hall–Kier alpha value is -1.70. The van der Waals surface area contributed by atoms with Gasteiger partial charge in [-0.15, -0.1) is 0 Å². The first kappa shape index (κ1) is 12.4. The van der Waals surface area contributed by atoms with E-state index in [0.717, 1.165) is 10.6 Å². The van der Waals surface area contributed by atoms with E-state index in [1.54, 1.807) is 6.92 Å². The van der Waals surface area contributed by atoms with Gasteiger partial charge in [-0.25, -0.2) is 17.7 Å². The van der Waals surface area contributed by atoms with E-state index in [1.807, 2.05) is 0 Å². The highest BCUT2D eigenvalue weighted by molar-refractivity contribution is 7.92. The summed E-state index contributed by atoms with van der Waals surface area (Å²) in [4.78, 5) is 13.8. The lowest BCUT2D eigenvalue weighted by Gasteiger charge is -2.18. The van der Waals surface area contributed by atoms with Crippen LogP contribution in [0.3, 0.4) is 0 Å². The molecule has 0 radical (unpaired) electrons. The Morgan fingerprint density at radius 2 is 2.19 bits per heavy atom. The highest BCUT2D eigenvalue weighted by Gasteiger charge is 2.25. The lowest BCUT2D eigenvalue weighted by atomic mass is 10.4. The van der Waals surface area contributed by atoms with Crippen molar-refractivity contribution < 1.29 is 13.3 Å². The summed E-state index contributed by atoms with van der Waals surface area (Å²) in [7, 11) is -3.56. The third kappa shape index (κ3) is 2.45. The predicted octanol–water partition coefficient (Wildman–Crippen LogP) is 0.776. The zero-order valence-electron chi connectivity index (χ0n) is 8.82. The summed E-state index contributed by atoms with van der Waals surface area (Å²) in [5.74, 6) is -0.155. The van der Waals surface area contributed by atoms with Gasteiger partial charge in [-0.1, -0.05) is 0 Å². The van der Waals surface area contributed by atoms with Gasteiger partial charge < -0.3 is 0 Å². The SMILES string of the molecule is CCN(c1ncccc1[N+](=O)[O-])S(C)(=O)=O. The van der Waals surface area contributed by atoms with Crippen molar-refractivity contribution in [3.8, 4) is 0 Å². The van der Waals surface area contributed by atoms with Gasteiger partial charge in [0.1, 0.15) is 0 Å². The minimum atomic E-state index is -3.56. The fourth-order valence-corrected chi connectivity index (χ4v) is 2.19. The van der Waals surface area contributed by atoms with Crippen LogP contribution in [-0.2, 0) is 10.0 Å². The molecule has 0 bridgehead atoms. The van der Waals surface area contributed by atoms with Gasteiger partial charge in [0.25, 0.3) is 0 Å². The quantitative estimate of drug-likeness (QED) is 0.577. The lowest BCUT2D eigenvalue weighted by Crippen LogP contribution is -2.30. The van der Waals surface area contributed by atoms with Gasteiger partial charge in [-0.3, -0.25) is 10.1 Å². The molecule has 1 aromatic rings. The maximum absolute atomic E-state index is 11.4. The molecule has 0 aliphatic rings. The van der Waals surface area contributed by atoms with Crippen LogP contribution in [0, 0.1) is 10.1 Å². The van der Waals surface area contributed by atoms with E-state index in [2.05, 4.69) is 4.98 Å². The molecule has 0 aromatic carbocycles. The van der Waals surface area contributed by atoms with Crippen molar-refractivity contribution in [3.63, 3.8) is 0 Å². The molecule has 0 atom stereocenters. The molecule has 1 heterocycles. The number of aromatic nitrogens is 1. The third-order valence-electron chi connectivity index (χ3n) is 1.89. The van der Waals surface area contributed by atoms with Gasteiger partial charge in [-0.05, 0) is 13.0 Å². The molecule has 7 nitrogen and oxygen atoms in total. The number of nitrogens with zero attached hydrogens (tertiary/aromatic N) is 3. The topological polar surface area (TPSA) is 93.4 Å². The molecule has 88 valence electrons. The second-order valence-electron chi connectivity index (χ2n) is 3.03. The summed E-state index contributed by atoms with van der Waals surface area (Å²) in [6, 6.07) is 2.61. The fourth-order valence-electron chi connectivity index (χ4n) is 1.26. The second-order valence-corrected chi connectivity index (χ2v) is 4.94. The third-order valence-corrected chi connectivity index (χ3v) is 3.12. The number of nitro groups is 1. The van der Waals surface area contributed by atoms with E-state index in [1.165, 1.54) is 18.3 Å². The first-order valence-corrected chi connectivity index (χ1v) is 6.30. The van der Waals surface area contributed by atoms with Crippen molar-refractivity contribution in [1.29, 1.82) is 0 Å². The standard InChI is InChI=1S/C8H11N3O4S/c1-3-10(16(2,14)15)8-7(11(12)13)5-4-6-9-8/h4-6H,3H2,1-2H3. The van der Waals surface area contributed by atoms with Gasteiger partial charge in [0.15, 0.2) is 0 Å². The minimum Gasteiger partial charge on any atom is -0.258 e. The van der Waals surface area contributed by atoms with Crippen LogP contribution < -0.4 is 4.31 Å². The Kier molecular flexibility index (Phi) is 3.43. The van der Waals surface area contributed by atoms with E-state index in [-0.39, 0.29) is 18.1 Å². The van der Waals surface area contributed by atoms with Crippen LogP contribution in [0.15, 0.2) is 18.3 Å². The monoisotopic (exact) mass is 245 g/mol. The summed E-state index contributed by atoms with van der Waals surface area (Å²) >= 11 is 0. The molecule has 1 rings (SSSR count). The Balaban J connectivity index is 3.36. The van der Waals surface area contributed by atoms with Gasteiger partial charge in [-0.2, -0.15) is 0 Å². The van der Waals surface area contributed by atoms with Gasteiger partial charge in [0, 0.05) is 18.8 Å². The van der Waals surface area contributed by atoms with Crippen molar-refractivity contribution in [1.82, 2.24) is 4.98 Å². The molecule has 0 spiro atoms. The van der Waals surface area contributed by atoms with E-state index < -0.39 is 14.9 Å². The second kappa shape index (κ2) is 4.44. The van der Waals surface area contributed by atoms with Crippen molar-refractivity contribution in [2.75, 3.05) is 17.1 Å². The zero-order chi connectivity index (χ0) is 12.3. The van der Waals surface area contributed by atoms with E-state index >= 15 is 0 Å². The van der Waals surface area contributed by atoms with E-state index in [4.69, 9.17) is 0 Å². The van der Waals surface area contributed by atoms with Crippen molar-refractivity contribution in [2.24, 2.45) is 0 Å². The molecule has 0 saturated carbocycles. The largest absolute Gasteiger partial charge is 0.312 e. The predicted molar refractivity (Wildman–Crippen MR) is 58.8 cm³/mol. The van der Waals surface area contributed by atoms with Crippen LogP contribution in [0.1, 0.15) is 6.92 Å². The van der Waals surface area contributed by atoms with Crippen LogP contribution >= 0.6 is 0 Å². The smallest absolute Gasteiger partial charge is 0.258 e. The number of hydrogen-bond donors (Lipinski definition) is 0. The van der Waals surface area contributed by atoms with E-state index in [0.29, 0.717) is 0 Å². The fraction of sp³-hybridized carbons (Fsp3) is 0.375. The van der Waals surface area contributed by atoms with Crippen LogP contribution in [-0.4, -0.2) is 31.1 Å². The van der Waals surface area contributed by atoms with Gasteiger partial charge in [0.05, 0.1) is 11.2 Å². The molecule has 0 fully saturated rings. The summed E-state index contributed by atoms with van der Waals surface area (Å²) < 4.78 is 23.7. The van der Waals surface area contributed by atoms with Crippen LogP contribution in [0.2, 0.25) is 0 Å². The Bertz CT molecular complexity index is 500. The number of pyridine rings is 1. The highest BCUT2D eigenvalue weighted by Crippen LogP contribution is 2.26. The summed E-state index contributed by atoms with van der Waals surface area (Å²) in [5.41, 5.74) is -0.324. The number of sulfonamides is 1. The molecule has 16 heavy (non-hydrogen) atoms. The first-order valence-electron chi connectivity index (χ1n) is 4.45. The number of anilines is 1. The minimum absolute atomic E-state index is 0.0939. The summed E-state index contributed by atoms with van der Waals surface area (Å²) in [6.45, 7) is 1.68. The van der Waals surface area contributed by atoms with E-state index in [9.17, 15) is 18.5 Å². The maximum Gasteiger partial charge on any atom is 0.312 e. The Morgan fingerprint density at radius 1 is 1.56 bits per heavy atom. The molecule has 0 aliphatic heterocycles. The molecule has 0 unspecified atom stereocenters. The molecule has 0 N–H and O–H groups in total. The normalized spacial score (nSPS) is 11.1. The van der Waals surface area contributed by atoms with Gasteiger partial charge in [0.2, 0.25) is 15.8 Å². The number of hydrogen-bond acceptors (Lipinski definition) is 5. The average molecular weight is 245 g/mol. The summed E-state index contributed by atoms with van der Waals surface area (Å²) in [6.07, 6.45) is 2.30. The summed E-state index contributed by atoms with van der Waals surface area (Å²) in [5, 5.41) is 10.7. The Labute approximate surface area is 92.9 Å². The molecular formula is C8H11N3O4S. The zero-order valence-corrected chi connectivity index (χ0v) is 9.64. The molecule has 8 heteroatoms. The first-order chi connectivity index (χ1) is 7.38. The molecule has 1 aromatic heterocycles. The van der Waals surface area contributed by atoms with Crippen LogP contribution in [0.25, 0.3) is 0 Å². The molecular weight excluding hydrogens is 234 g/mol. The Morgan fingerprint density at radius 3 is 2.62 bits per heavy atom. The van der Waals surface area contributed by atoms with Crippen molar-refractivity contribution >= 4 is 21.5 Å². The molecule has 0 saturated heterocycles. The van der Waals surface area contributed by atoms with Gasteiger partial charge >= 0.3 is 5.69 Å². The maximum atomic E-state index is 11.4. The van der Waals surface area contributed by atoms with Crippen LogP contribution in [0.4, 0.5) is 11.5 Å². The molecule has 0 amide bonds. The lowest BCUT2D eigenvalue weighted by molar-refractivity contribution is -0.384. The van der Waals surface area contributed by atoms with Crippen molar-refractivity contribution in [2.45, 2.75) is 6.92 Å².